The van der Waals surface area contributed by atoms with Crippen LogP contribution in [0.2, 0.25) is 5.02 Å². The van der Waals surface area contributed by atoms with Gasteiger partial charge in [-0.15, -0.1) is 0 Å². The fraction of sp³-hybridized carbons (Fsp3) is 0.286. The number of hydrogen-bond acceptors (Lipinski definition) is 2. The molecule has 0 saturated heterocycles. The Morgan fingerprint density at radius 3 is 2.74 bits per heavy atom. The summed E-state index contributed by atoms with van der Waals surface area (Å²) in [5.41, 5.74) is 2.19. The van der Waals surface area contributed by atoms with Gasteiger partial charge in [-0.05, 0) is 30.7 Å². The van der Waals surface area contributed by atoms with E-state index in [4.69, 9.17) is 11.6 Å². The summed E-state index contributed by atoms with van der Waals surface area (Å²) < 4.78 is 14.7. The topological polar surface area (TPSA) is 34.9 Å². The molecule has 0 unspecified atom stereocenters. The Balaban J connectivity index is 2.20. The Kier molecular flexibility index (Phi) is 4.00. The predicted octanol–water partition coefficient (Wildman–Crippen LogP) is 3.20. The van der Waals surface area contributed by atoms with Gasteiger partial charge in [0.15, 0.2) is 5.78 Å². The van der Waals surface area contributed by atoms with Gasteiger partial charge in [-0.3, -0.25) is 9.48 Å². The number of nitrogens with zero attached hydrogens (tertiary/aromatic N) is 2. The molecule has 5 heteroatoms. The van der Waals surface area contributed by atoms with Gasteiger partial charge < -0.3 is 0 Å². The highest BCUT2D eigenvalue weighted by atomic mass is 35.5. The van der Waals surface area contributed by atoms with E-state index in [0.29, 0.717) is 5.56 Å². The van der Waals surface area contributed by atoms with Crippen molar-refractivity contribution in [3.63, 3.8) is 0 Å². The van der Waals surface area contributed by atoms with Crippen molar-refractivity contribution in [2.75, 3.05) is 0 Å². The van der Waals surface area contributed by atoms with Crippen LogP contribution in [0.25, 0.3) is 0 Å². The quantitative estimate of drug-likeness (QED) is 0.806. The Labute approximate surface area is 116 Å². The summed E-state index contributed by atoms with van der Waals surface area (Å²) in [5, 5.41) is 4.25. The molecule has 0 aliphatic heterocycles. The van der Waals surface area contributed by atoms with Crippen molar-refractivity contribution in [2.45, 2.75) is 19.8 Å². The predicted molar refractivity (Wildman–Crippen MR) is 72.0 cm³/mol. The number of aryl methyl sites for hydroxylation is 2. The van der Waals surface area contributed by atoms with Gasteiger partial charge in [0.25, 0.3) is 0 Å². The van der Waals surface area contributed by atoms with E-state index in [-0.39, 0.29) is 17.2 Å². The summed E-state index contributed by atoms with van der Waals surface area (Å²) in [6.07, 6.45) is 1.05. The molecule has 3 nitrogen and oxygen atoms in total. The largest absolute Gasteiger partial charge is 0.294 e. The van der Waals surface area contributed by atoms with Crippen molar-refractivity contribution in [1.82, 2.24) is 9.78 Å². The summed E-state index contributed by atoms with van der Waals surface area (Å²) in [6.45, 7) is 2.01. The van der Waals surface area contributed by atoms with Crippen LogP contribution in [0.4, 0.5) is 4.39 Å². The number of rotatable bonds is 4. The molecule has 0 radical (unpaired) electrons. The maximum absolute atomic E-state index is 13.0. The number of aromatic nitrogens is 2. The van der Waals surface area contributed by atoms with Crippen molar-refractivity contribution in [3.05, 3.63) is 52.1 Å². The van der Waals surface area contributed by atoms with E-state index in [0.717, 1.165) is 17.8 Å². The molecular formula is C14H14ClFN2O. The van der Waals surface area contributed by atoms with E-state index in [1.807, 2.05) is 13.0 Å². The number of halogens is 2. The molecule has 0 aliphatic rings. The molecule has 1 aromatic heterocycles. The molecule has 2 rings (SSSR count). The molecule has 0 atom stereocenters. The van der Waals surface area contributed by atoms with Crippen LogP contribution < -0.4 is 0 Å². The van der Waals surface area contributed by atoms with E-state index in [2.05, 4.69) is 5.10 Å². The number of ketones is 1. The van der Waals surface area contributed by atoms with Crippen LogP contribution in [0.15, 0.2) is 24.3 Å². The van der Waals surface area contributed by atoms with Gasteiger partial charge in [-0.25, -0.2) is 4.39 Å². The Morgan fingerprint density at radius 1 is 1.42 bits per heavy atom. The molecule has 0 fully saturated rings. The average molecular weight is 281 g/mol. The first-order valence-corrected chi connectivity index (χ1v) is 6.39. The molecule has 0 bridgehead atoms. The highest BCUT2D eigenvalue weighted by Crippen LogP contribution is 2.17. The molecule has 1 aromatic carbocycles. The van der Waals surface area contributed by atoms with Crippen molar-refractivity contribution in [1.29, 1.82) is 0 Å². The molecule has 1 heterocycles. The van der Waals surface area contributed by atoms with Gasteiger partial charge in [0, 0.05) is 18.3 Å². The monoisotopic (exact) mass is 280 g/mol. The first kappa shape index (κ1) is 13.7. The number of hydrogen-bond donors (Lipinski definition) is 0. The number of benzene rings is 1. The van der Waals surface area contributed by atoms with E-state index >= 15 is 0 Å². The molecule has 19 heavy (non-hydrogen) atoms. The van der Waals surface area contributed by atoms with Gasteiger partial charge in [-0.1, -0.05) is 18.5 Å². The summed E-state index contributed by atoms with van der Waals surface area (Å²) in [7, 11) is 1.80. The minimum atomic E-state index is -0.521. The first-order chi connectivity index (χ1) is 9.01. The highest BCUT2D eigenvalue weighted by molar-refractivity contribution is 6.31. The third-order valence-electron chi connectivity index (χ3n) is 2.97. The zero-order chi connectivity index (χ0) is 14.0. The van der Waals surface area contributed by atoms with Gasteiger partial charge in [0.05, 0.1) is 17.1 Å². The smallest absolute Gasteiger partial charge is 0.168 e. The molecule has 100 valence electrons. The normalized spacial score (nSPS) is 10.7. The SMILES string of the molecule is CCc1cc(CC(=O)c2ccc(F)c(Cl)c2)n(C)n1. The number of carbonyl (C=O) groups is 1. The molecule has 0 aliphatic carbocycles. The lowest BCUT2D eigenvalue weighted by Gasteiger charge is -2.03. The van der Waals surface area contributed by atoms with Crippen LogP contribution >= 0.6 is 11.6 Å². The van der Waals surface area contributed by atoms with Gasteiger partial charge in [-0.2, -0.15) is 5.10 Å². The molecule has 0 saturated carbocycles. The molecule has 2 aromatic rings. The van der Waals surface area contributed by atoms with Crippen LogP contribution in [-0.2, 0) is 19.9 Å². The van der Waals surface area contributed by atoms with Gasteiger partial charge in [0.2, 0.25) is 0 Å². The number of carbonyl (C=O) groups excluding carboxylic acids is 1. The third kappa shape index (κ3) is 3.01. The van der Waals surface area contributed by atoms with E-state index in [1.165, 1.54) is 18.2 Å². The van der Waals surface area contributed by atoms with E-state index in [9.17, 15) is 9.18 Å². The molecule has 0 spiro atoms. The lowest BCUT2D eigenvalue weighted by atomic mass is 10.1. The summed E-state index contributed by atoms with van der Waals surface area (Å²) in [4.78, 5) is 12.1. The highest BCUT2D eigenvalue weighted by Gasteiger charge is 2.13. The summed E-state index contributed by atoms with van der Waals surface area (Å²) in [6, 6.07) is 5.91. The summed E-state index contributed by atoms with van der Waals surface area (Å²) in [5.74, 6) is -0.625. The van der Waals surface area contributed by atoms with Crippen molar-refractivity contribution in [2.24, 2.45) is 7.05 Å². The Morgan fingerprint density at radius 2 is 2.16 bits per heavy atom. The van der Waals surface area contributed by atoms with Crippen molar-refractivity contribution >= 4 is 17.4 Å². The van der Waals surface area contributed by atoms with E-state index in [1.54, 1.807) is 11.7 Å². The van der Waals surface area contributed by atoms with Crippen LogP contribution in [0.3, 0.4) is 0 Å². The van der Waals surface area contributed by atoms with Crippen LogP contribution in [-0.4, -0.2) is 15.6 Å². The molecule has 0 N–H and O–H groups in total. The first-order valence-electron chi connectivity index (χ1n) is 6.01. The van der Waals surface area contributed by atoms with Crippen LogP contribution in [0, 0.1) is 5.82 Å². The molecular weight excluding hydrogens is 267 g/mol. The zero-order valence-corrected chi connectivity index (χ0v) is 11.5. The Hall–Kier alpha value is -1.68. The van der Waals surface area contributed by atoms with Crippen LogP contribution in [0.5, 0.6) is 0 Å². The standard InChI is InChI=1S/C14H14ClFN2O/c1-3-10-7-11(18(2)17-10)8-14(19)9-4-5-13(16)12(15)6-9/h4-7H,3,8H2,1-2H3. The maximum Gasteiger partial charge on any atom is 0.168 e. The van der Waals surface area contributed by atoms with E-state index < -0.39 is 5.82 Å². The second kappa shape index (κ2) is 5.53. The second-order valence-corrected chi connectivity index (χ2v) is 4.74. The third-order valence-corrected chi connectivity index (χ3v) is 3.26. The zero-order valence-electron chi connectivity index (χ0n) is 10.8. The average Bonchev–Trinajstić information content (AvgIpc) is 2.73. The van der Waals surface area contributed by atoms with Crippen molar-refractivity contribution < 1.29 is 9.18 Å². The fourth-order valence-electron chi connectivity index (χ4n) is 1.85. The maximum atomic E-state index is 13.0. The van der Waals surface area contributed by atoms with Gasteiger partial charge >= 0.3 is 0 Å². The second-order valence-electron chi connectivity index (χ2n) is 4.33. The fourth-order valence-corrected chi connectivity index (χ4v) is 2.03. The van der Waals surface area contributed by atoms with Crippen LogP contribution in [0.1, 0.15) is 28.7 Å². The van der Waals surface area contributed by atoms with Gasteiger partial charge in [0.1, 0.15) is 5.82 Å². The Bertz CT molecular complexity index is 622. The van der Waals surface area contributed by atoms with Crippen molar-refractivity contribution in [3.8, 4) is 0 Å². The lowest BCUT2D eigenvalue weighted by Crippen LogP contribution is -2.08. The minimum absolute atomic E-state index is 0.0369. The molecule has 0 amide bonds. The number of Topliss-reactive ketones (excluding diaryl/α,β-unsaturated/α-hetero) is 1. The lowest BCUT2D eigenvalue weighted by molar-refractivity contribution is 0.0990. The minimum Gasteiger partial charge on any atom is -0.294 e. The summed E-state index contributed by atoms with van der Waals surface area (Å²) >= 11 is 5.67.